The molecule has 0 radical (unpaired) electrons. The molecule has 1 aromatic rings. The summed E-state index contributed by atoms with van der Waals surface area (Å²) in [6, 6.07) is 6.64. The summed E-state index contributed by atoms with van der Waals surface area (Å²) < 4.78 is 35.7. The highest BCUT2D eigenvalue weighted by Crippen LogP contribution is 2.29. The van der Waals surface area contributed by atoms with Crippen molar-refractivity contribution in [3.8, 4) is 5.75 Å². The number of benzene rings is 1. The number of nitrogens with zero attached hydrogens (tertiary/aromatic N) is 1. The fourth-order valence-corrected chi connectivity index (χ4v) is 2.81. The summed E-state index contributed by atoms with van der Waals surface area (Å²) in [4.78, 5) is 11.8. The Balaban J connectivity index is 3.18. The first-order valence-electron chi connectivity index (χ1n) is 6.64. The van der Waals surface area contributed by atoms with Gasteiger partial charge >= 0.3 is 5.97 Å². The number of anilines is 1. The van der Waals surface area contributed by atoms with Gasteiger partial charge in [0.1, 0.15) is 12.3 Å². The molecule has 1 rings (SSSR count). The number of methoxy groups -OCH3 is 1. The number of carbonyl (C=O) groups excluding carboxylic acids is 1. The number of ether oxygens (including phenoxy) is 2. The highest BCUT2D eigenvalue weighted by Gasteiger charge is 2.26. The molecule has 0 atom stereocenters. The van der Waals surface area contributed by atoms with Crippen LogP contribution in [0.3, 0.4) is 0 Å². The molecule has 0 amide bonds. The largest absolute Gasteiger partial charge is 0.495 e. The van der Waals surface area contributed by atoms with Gasteiger partial charge in [0, 0.05) is 0 Å². The third-order valence-electron chi connectivity index (χ3n) is 2.69. The molecule has 7 heteroatoms. The summed E-state index contributed by atoms with van der Waals surface area (Å²) in [7, 11) is -2.18. The van der Waals surface area contributed by atoms with E-state index in [2.05, 4.69) is 0 Å². The van der Waals surface area contributed by atoms with Gasteiger partial charge in [-0.1, -0.05) is 12.1 Å². The Bertz CT molecular complexity index is 583. The third kappa shape index (κ3) is 4.63. The topological polar surface area (TPSA) is 72.9 Å². The normalized spacial score (nSPS) is 11.3. The van der Waals surface area contributed by atoms with Crippen molar-refractivity contribution in [3.05, 3.63) is 24.3 Å². The molecule has 0 aromatic heterocycles. The van der Waals surface area contributed by atoms with Gasteiger partial charge in [0.25, 0.3) is 0 Å². The van der Waals surface area contributed by atoms with Gasteiger partial charge in [0.05, 0.1) is 24.7 Å². The van der Waals surface area contributed by atoms with E-state index in [-0.39, 0.29) is 18.4 Å². The summed E-state index contributed by atoms with van der Waals surface area (Å²) in [6.07, 6.45) is -0.304. The number of sulfonamides is 1. The number of rotatable bonds is 7. The Labute approximate surface area is 125 Å². The zero-order chi connectivity index (χ0) is 16.0. The Morgan fingerprint density at radius 1 is 1.29 bits per heavy atom. The van der Waals surface area contributed by atoms with E-state index in [1.807, 2.05) is 0 Å². The van der Waals surface area contributed by atoms with Crippen LogP contribution in [0.15, 0.2) is 24.3 Å². The Morgan fingerprint density at radius 3 is 2.43 bits per heavy atom. The van der Waals surface area contributed by atoms with Gasteiger partial charge < -0.3 is 9.47 Å². The first-order chi connectivity index (χ1) is 9.81. The van der Waals surface area contributed by atoms with Crippen LogP contribution >= 0.6 is 0 Å². The summed E-state index contributed by atoms with van der Waals surface area (Å²) in [6.45, 7) is 4.56. The third-order valence-corrected chi connectivity index (χ3v) is 4.42. The maximum atomic E-state index is 12.3. The van der Waals surface area contributed by atoms with Gasteiger partial charge in [-0.2, -0.15) is 0 Å². The quantitative estimate of drug-likeness (QED) is 0.717. The lowest BCUT2D eigenvalue weighted by atomic mass is 10.3. The smallest absolute Gasteiger partial charge is 0.327 e. The van der Waals surface area contributed by atoms with Crippen molar-refractivity contribution in [3.63, 3.8) is 0 Å². The summed E-state index contributed by atoms with van der Waals surface area (Å²) in [5.41, 5.74) is 0.322. The standard InChI is InChI=1S/C14H21NO5S/c1-5-21(17,18)15(10-14(16)20-11(2)3)12-8-6-7-9-13(12)19-4/h6-9,11H,5,10H2,1-4H3. The second kappa shape index (κ2) is 7.31. The Kier molecular flexibility index (Phi) is 6.02. The molecule has 0 spiro atoms. The number of hydrogen-bond acceptors (Lipinski definition) is 5. The molecule has 0 saturated carbocycles. The maximum Gasteiger partial charge on any atom is 0.327 e. The number of para-hydroxylation sites is 2. The minimum Gasteiger partial charge on any atom is -0.495 e. The van der Waals surface area contributed by atoms with Crippen LogP contribution in [-0.4, -0.2) is 39.9 Å². The van der Waals surface area contributed by atoms with Gasteiger partial charge in [-0.05, 0) is 32.9 Å². The molecule has 0 unspecified atom stereocenters. The van der Waals surface area contributed by atoms with Gasteiger partial charge in [0.2, 0.25) is 10.0 Å². The minimum atomic E-state index is -3.62. The maximum absolute atomic E-state index is 12.3. The van der Waals surface area contributed by atoms with E-state index in [4.69, 9.17) is 9.47 Å². The first kappa shape index (κ1) is 17.3. The van der Waals surface area contributed by atoms with Crippen LogP contribution in [0, 0.1) is 0 Å². The molecule has 118 valence electrons. The zero-order valence-electron chi connectivity index (χ0n) is 12.7. The van der Waals surface area contributed by atoms with Crippen molar-refractivity contribution in [2.75, 3.05) is 23.7 Å². The van der Waals surface area contributed by atoms with Gasteiger partial charge in [-0.3, -0.25) is 9.10 Å². The van der Waals surface area contributed by atoms with E-state index in [0.717, 1.165) is 4.31 Å². The molecular formula is C14H21NO5S. The number of esters is 1. The van der Waals surface area contributed by atoms with Gasteiger partial charge in [-0.15, -0.1) is 0 Å². The lowest BCUT2D eigenvalue weighted by Gasteiger charge is -2.24. The number of hydrogen-bond donors (Lipinski definition) is 0. The molecule has 0 heterocycles. The lowest BCUT2D eigenvalue weighted by Crippen LogP contribution is -2.38. The molecule has 21 heavy (non-hydrogen) atoms. The van der Waals surface area contributed by atoms with E-state index in [1.165, 1.54) is 14.0 Å². The van der Waals surface area contributed by atoms with Crippen LogP contribution in [0.25, 0.3) is 0 Å². The van der Waals surface area contributed by atoms with Crippen LogP contribution in [0.5, 0.6) is 5.75 Å². The molecule has 0 aliphatic carbocycles. The van der Waals surface area contributed by atoms with Crippen LogP contribution in [0.1, 0.15) is 20.8 Å². The molecule has 0 fully saturated rings. The molecule has 0 aliphatic heterocycles. The summed E-state index contributed by atoms with van der Waals surface area (Å²) in [5.74, 6) is -0.347. The average Bonchev–Trinajstić information content (AvgIpc) is 2.43. The fourth-order valence-electron chi connectivity index (χ4n) is 1.74. The predicted molar refractivity (Wildman–Crippen MR) is 81.0 cm³/mol. The zero-order valence-corrected chi connectivity index (χ0v) is 13.5. The molecular weight excluding hydrogens is 294 g/mol. The van der Waals surface area contributed by atoms with E-state index in [0.29, 0.717) is 11.4 Å². The molecule has 0 saturated heterocycles. The highest BCUT2D eigenvalue weighted by molar-refractivity contribution is 7.92. The molecule has 6 nitrogen and oxygen atoms in total. The summed E-state index contributed by atoms with van der Waals surface area (Å²) >= 11 is 0. The Morgan fingerprint density at radius 2 is 1.90 bits per heavy atom. The van der Waals surface area contributed by atoms with Crippen molar-refractivity contribution in [2.45, 2.75) is 26.9 Å². The van der Waals surface area contributed by atoms with Crippen LogP contribution < -0.4 is 9.04 Å². The highest BCUT2D eigenvalue weighted by atomic mass is 32.2. The Hall–Kier alpha value is -1.76. The van der Waals surface area contributed by atoms with E-state index in [9.17, 15) is 13.2 Å². The van der Waals surface area contributed by atoms with E-state index in [1.54, 1.807) is 38.1 Å². The van der Waals surface area contributed by atoms with E-state index >= 15 is 0 Å². The summed E-state index contributed by atoms with van der Waals surface area (Å²) in [5, 5.41) is 0. The van der Waals surface area contributed by atoms with Crippen LogP contribution in [0.2, 0.25) is 0 Å². The molecule has 0 N–H and O–H groups in total. The predicted octanol–water partition coefficient (Wildman–Crippen LogP) is 1.80. The van der Waals surface area contributed by atoms with Crippen molar-refractivity contribution in [1.29, 1.82) is 0 Å². The molecule has 0 bridgehead atoms. The second-order valence-corrected chi connectivity index (χ2v) is 6.80. The number of carbonyl (C=O) groups is 1. The average molecular weight is 315 g/mol. The second-order valence-electron chi connectivity index (χ2n) is 4.62. The fraction of sp³-hybridized carbons (Fsp3) is 0.500. The van der Waals surface area contributed by atoms with Gasteiger partial charge in [-0.25, -0.2) is 8.42 Å². The van der Waals surface area contributed by atoms with E-state index < -0.39 is 16.0 Å². The van der Waals surface area contributed by atoms with Crippen molar-refractivity contribution < 1.29 is 22.7 Å². The van der Waals surface area contributed by atoms with Crippen molar-refractivity contribution >= 4 is 21.7 Å². The first-order valence-corrected chi connectivity index (χ1v) is 8.25. The van der Waals surface area contributed by atoms with Crippen LogP contribution in [0.4, 0.5) is 5.69 Å². The van der Waals surface area contributed by atoms with Crippen molar-refractivity contribution in [2.24, 2.45) is 0 Å². The molecule has 1 aromatic carbocycles. The SMILES string of the molecule is CCS(=O)(=O)N(CC(=O)OC(C)C)c1ccccc1OC. The molecule has 0 aliphatic rings. The van der Waals surface area contributed by atoms with Crippen molar-refractivity contribution in [1.82, 2.24) is 0 Å². The lowest BCUT2D eigenvalue weighted by molar-refractivity contribution is -0.145. The van der Waals surface area contributed by atoms with Crippen LogP contribution in [-0.2, 0) is 19.6 Å². The van der Waals surface area contributed by atoms with Gasteiger partial charge in [0.15, 0.2) is 0 Å². The monoisotopic (exact) mass is 315 g/mol. The minimum absolute atomic E-state index is 0.125.